The summed E-state index contributed by atoms with van der Waals surface area (Å²) in [5.74, 6) is -3.23. The zero-order valence-corrected chi connectivity index (χ0v) is 9.95. The third-order valence-corrected chi connectivity index (χ3v) is 2.07. The molecule has 5 nitrogen and oxygen atoms in total. The fraction of sp³-hybridized carbons (Fsp3) is 0.273. The number of hydrogen-bond acceptors (Lipinski definition) is 4. The molecule has 0 aromatic heterocycles. The van der Waals surface area contributed by atoms with Crippen LogP contribution in [0.3, 0.4) is 0 Å². The zero-order chi connectivity index (χ0) is 16.2. The molecule has 21 heavy (non-hydrogen) atoms. The van der Waals surface area contributed by atoms with E-state index in [1.54, 1.807) is 0 Å². The minimum atomic E-state index is -5.13. The predicted octanol–water partition coefficient (Wildman–Crippen LogP) is 2.69. The van der Waals surface area contributed by atoms with Gasteiger partial charge in [-0.25, -0.2) is 0 Å². The van der Waals surface area contributed by atoms with Gasteiger partial charge in [-0.3, -0.25) is 4.79 Å². The number of rotatable bonds is 5. The molecule has 0 fully saturated rings. The van der Waals surface area contributed by atoms with E-state index >= 15 is 0 Å². The summed E-state index contributed by atoms with van der Waals surface area (Å²) >= 11 is 0. The zero-order valence-electron chi connectivity index (χ0n) is 9.95. The van der Waals surface area contributed by atoms with E-state index < -0.39 is 48.0 Å². The summed E-state index contributed by atoms with van der Waals surface area (Å²) in [7, 11) is 0. The first-order valence-electron chi connectivity index (χ1n) is 5.11. The number of nitrogens with zero attached hydrogens (tertiary/aromatic N) is 1. The molecule has 0 unspecified atom stereocenters. The van der Waals surface area contributed by atoms with Crippen molar-refractivity contribution in [3.63, 3.8) is 0 Å². The van der Waals surface area contributed by atoms with Crippen molar-refractivity contribution in [1.82, 2.24) is 0 Å². The fourth-order valence-electron chi connectivity index (χ4n) is 1.40. The quantitative estimate of drug-likeness (QED) is 0.846. The maximum Gasteiger partial charge on any atom is 0.573 e. The van der Waals surface area contributed by atoms with Gasteiger partial charge >= 0.3 is 18.9 Å². The number of carbonyl (C=O) groups is 1. The number of nitriles is 1. The molecule has 1 aromatic carbocycles. The van der Waals surface area contributed by atoms with Gasteiger partial charge in [-0.15, -0.1) is 13.2 Å². The lowest BCUT2D eigenvalue weighted by molar-refractivity contribution is -0.275. The van der Waals surface area contributed by atoms with Crippen LogP contribution in [0.4, 0.5) is 22.0 Å². The van der Waals surface area contributed by atoms with Crippen LogP contribution in [-0.4, -0.2) is 24.0 Å². The van der Waals surface area contributed by atoms with E-state index in [0.717, 1.165) is 0 Å². The standard InChI is InChI=1S/C11H6F5NO4/c12-10(13)20-7-1-5(3-9(18)19)8(2-6(7)4-17)21-11(14,15)16/h1-2,10H,3H2,(H,18,19). The van der Waals surface area contributed by atoms with Gasteiger partial charge in [0, 0.05) is 11.6 Å². The number of halogens is 5. The van der Waals surface area contributed by atoms with Gasteiger partial charge in [-0.05, 0) is 6.07 Å². The highest BCUT2D eigenvalue weighted by molar-refractivity contribution is 5.72. The summed E-state index contributed by atoms with van der Waals surface area (Å²) in [5.41, 5.74) is -1.21. The average Bonchev–Trinajstić information content (AvgIpc) is 2.29. The Hall–Kier alpha value is -2.57. The van der Waals surface area contributed by atoms with Crippen molar-refractivity contribution in [3.8, 4) is 17.6 Å². The lowest BCUT2D eigenvalue weighted by atomic mass is 10.1. The molecule has 0 bridgehead atoms. The van der Waals surface area contributed by atoms with E-state index in [2.05, 4.69) is 9.47 Å². The largest absolute Gasteiger partial charge is 0.573 e. The van der Waals surface area contributed by atoms with Gasteiger partial charge in [-0.2, -0.15) is 14.0 Å². The van der Waals surface area contributed by atoms with Crippen molar-refractivity contribution in [2.24, 2.45) is 0 Å². The van der Waals surface area contributed by atoms with Crippen LogP contribution in [0.1, 0.15) is 11.1 Å². The Kier molecular flexibility index (Phi) is 4.91. The van der Waals surface area contributed by atoms with E-state index in [1.165, 1.54) is 6.07 Å². The molecular formula is C11H6F5NO4. The summed E-state index contributed by atoms with van der Waals surface area (Å²) in [4.78, 5) is 10.6. The first-order valence-corrected chi connectivity index (χ1v) is 5.11. The van der Waals surface area contributed by atoms with Crippen LogP contribution in [0.25, 0.3) is 0 Å². The average molecular weight is 311 g/mol. The molecule has 0 heterocycles. The summed E-state index contributed by atoms with van der Waals surface area (Å²) < 4.78 is 68.4. The van der Waals surface area contributed by atoms with Crippen LogP contribution in [0.2, 0.25) is 0 Å². The SMILES string of the molecule is N#Cc1cc(OC(F)(F)F)c(CC(=O)O)cc1OC(F)F. The van der Waals surface area contributed by atoms with Crippen LogP contribution in [-0.2, 0) is 11.2 Å². The molecule has 1 N–H and O–H groups in total. The first-order chi connectivity index (χ1) is 9.62. The second-order valence-corrected chi connectivity index (χ2v) is 3.56. The highest BCUT2D eigenvalue weighted by Gasteiger charge is 2.33. The first kappa shape index (κ1) is 16.5. The van der Waals surface area contributed by atoms with Crippen LogP contribution in [0.15, 0.2) is 12.1 Å². The summed E-state index contributed by atoms with van der Waals surface area (Å²) in [5, 5.41) is 17.3. The minimum absolute atomic E-state index is 0.490. The van der Waals surface area contributed by atoms with Gasteiger partial charge < -0.3 is 14.6 Å². The Morgan fingerprint density at radius 1 is 1.33 bits per heavy atom. The van der Waals surface area contributed by atoms with Gasteiger partial charge in [0.25, 0.3) is 0 Å². The molecule has 0 saturated carbocycles. The highest BCUT2D eigenvalue weighted by atomic mass is 19.4. The monoisotopic (exact) mass is 311 g/mol. The molecule has 1 aromatic rings. The van der Waals surface area contributed by atoms with E-state index in [9.17, 15) is 26.7 Å². The van der Waals surface area contributed by atoms with E-state index in [-0.39, 0.29) is 0 Å². The molecule has 0 saturated heterocycles. The van der Waals surface area contributed by atoms with Crippen molar-refractivity contribution in [2.75, 3.05) is 0 Å². The molecular weight excluding hydrogens is 305 g/mol. The predicted molar refractivity (Wildman–Crippen MR) is 55.8 cm³/mol. The number of carboxylic acid groups (broad SMARTS) is 1. The number of hydrogen-bond donors (Lipinski definition) is 1. The van der Waals surface area contributed by atoms with Gasteiger partial charge in [0.05, 0.1) is 12.0 Å². The van der Waals surface area contributed by atoms with Crippen molar-refractivity contribution >= 4 is 5.97 Å². The van der Waals surface area contributed by atoms with Crippen molar-refractivity contribution in [3.05, 3.63) is 23.3 Å². The molecule has 0 atom stereocenters. The van der Waals surface area contributed by atoms with Gasteiger partial charge in [0.2, 0.25) is 0 Å². The van der Waals surface area contributed by atoms with E-state index in [4.69, 9.17) is 10.4 Å². The van der Waals surface area contributed by atoms with Gasteiger partial charge in [-0.1, -0.05) is 0 Å². The number of ether oxygens (including phenoxy) is 2. The smallest absolute Gasteiger partial charge is 0.481 e. The molecule has 10 heteroatoms. The number of carboxylic acids is 1. The molecule has 0 amide bonds. The summed E-state index contributed by atoms with van der Waals surface area (Å²) in [6.07, 6.45) is -6.07. The van der Waals surface area contributed by atoms with Crippen LogP contribution >= 0.6 is 0 Å². The van der Waals surface area contributed by atoms with Crippen molar-refractivity contribution in [2.45, 2.75) is 19.4 Å². The fourth-order valence-corrected chi connectivity index (χ4v) is 1.40. The van der Waals surface area contributed by atoms with Crippen molar-refractivity contribution < 1.29 is 41.3 Å². The Morgan fingerprint density at radius 2 is 1.95 bits per heavy atom. The van der Waals surface area contributed by atoms with Gasteiger partial charge in [0.1, 0.15) is 17.6 Å². The molecule has 1 rings (SSSR count). The molecule has 0 aliphatic carbocycles. The second kappa shape index (κ2) is 6.25. The topological polar surface area (TPSA) is 79.5 Å². The molecule has 0 radical (unpaired) electrons. The summed E-state index contributed by atoms with van der Waals surface area (Å²) in [6.45, 7) is -3.33. The molecule has 114 valence electrons. The Balaban J connectivity index is 3.34. The van der Waals surface area contributed by atoms with Crippen LogP contribution in [0.5, 0.6) is 11.5 Å². The lowest BCUT2D eigenvalue weighted by Crippen LogP contribution is -2.19. The maximum absolute atomic E-state index is 12.2. The van der Waals surface area contributed by atoms with Crippen LogP contribution < -0.4 is 9.47 Å². The van der Waals surface area contributed by atoms with Gasteiger partial charge in [0.15, 0.2) is 0 Å². The Morgan fingerprint density at radius 3 is 2.38 bits per heavy atom. The third-order valence-electron chi connectivity index (χ3n) is 2.07. The number of aliphatic carboxylic acids is 1. The van der Waals surface area contributed by atoms with E-state index in [1.807, 2.05) is 0 Å². The molecule has 0 aliphatic heterocycles. The molecule has 0 aliphatic rings. The third kappa shape index (κ3) is 5.13. The summed E-state index contributed by atoms with van der Waals surface area (Å²) in [6, 6.07) is 2.44. The number of alkyl halides is 5. The Labute approximate surface area is 114 Å². The maximum atomic E-state index is 12.2. The Bertz CT molecular complexity index is 579. The van der Waals surface area contributed by atoms with Crippen molar-refractivity contribution in [1.29, 1.82) is 5.26 Å². The van der Waals surface area contributed by atoms with Crippen LogP contribution in [0, 0.1) is 11.3 Å². The normalized spacial score (nSPS) is 11.1. The lowest BCUT2D eigenvalue weighted by Gasteiger charge is -2.15. The molecule has 0 spiro atoms. The second-order valence-electron chi connectivity index (χ2n) is 3.56. The number of benzene rings is 1. The minimum Gasteiger partial charge on any atom is -0.481 e. The highest BCUT2D eigenvalue weighted by Crippen LogP contribution is 2.33. The van der Waals surface area contributed by atoms with E-state index in [0.29, 0.717) is 12.1 Å².